The van der Waals surface area contributed by atoms with E-state index in [9.17, 15) is 15.0 Å². The van der Waals surface area contributed by atoms with Crippen molar-refractivity contribution in [1.29, 1.82) is 0 Å². The molecular formula is C18H18O7. The van der Waals surface area contributed by atoms with E-state index in [1.807, 2.05) is 0 Å². The van der Waals surface area contributed by atoms with E-state index in [-0.39, 0.29) is 17.3 Å². The van der Waals surface area contributed by atoms with Crippen molar-refractivity contribution in [2.45, 2.75) is 0 Å². The van der Waals surface area contributed by atoms with Crippen molar-refractivity contribution in [3.63, 3.8) is 0 Å². The number of carbonyl (C=O) groups is 1. The Balaban J connectivity index is 2.47. The molecule has 0 atom stereocenters. The molecule has 2 rings (SSSR count). The zero-order valence-electron chi connectivity index (χ0n) is 14.0. The van der Waals surface area contributed by atoms with Gasteiger partial charge in [-0.3, -0.25) is 0 Å². The Morgan fingerprint density at radius 3 is 2.04 bits per heavy atom. The first-order valence-corrected chi connectivity index (χ1v) is 7.21. The fourth-order valence-electron chi connectivity index (χ4n) is 2.13. The zero-order valence-corrected chi connectivity index (χ0v) is 14.0. The molecule has 7 nitrogen and oxygen atoms in total. The summed E-state index contributed by atoms with van der Waals surface area (Å²) >= 11 is 0. The maximum atomic E-state index is 11.5. The number of para-hydroxylation sites is 2. The third kappa shape index (κ3) is 4.14. The van der Waals surface area contributed by atoms with E-state index in [1.54, 1.807) is 24.3 Å². The number of hydrogen-bond donors (Lipinski definition) is 2. The Morgan fingerprint density at radius 1 is 0.960 bits per heavy atom. The van der Waals surface area contributed by atoms with Crippen molar-refractivity contribution in [3.05, 3.63) is 47.7 Å². The van der Waals surface area contributed by atoms with Gasteiger partial charge in [-0.15, -0.1) is 0 Å². The molecule has 132 valence electrons. The van der Waals surface area contributed by atoms with Crippen LogP contribution >= 0.6 is 0 Å². The lowest BCUT2D eigenvalue weighted by molar-refractivity contribution is -0.134. The van der Waals surface area contributed by atoms with E-state index in [0.29, 0.717) is 22.8 Å². The number of phenolic OH excluding ortho intramolecular Hbond substituents is 1. The van der Waals surface area contributed by atoms with E-state index in [0.717, 1.165) is 0 Å². The first-order valence-electron chi connectivity index (χ1n) is 7.21. The Morgan fingerprint density at radius 2 is 1.56 bits per heavy atom. The molecule has 0 spiro atoms. The lowest BCUT2D eigenvalue weighted by Gasteiger charge is -2.13. The van der Waals surface area contributed by atoms with Gasteiger partial charge >= 0.3 is 5.97 Å². The quantitative estimate of drug-likeness (QED) is 0.588. The molecule has 0 amide bonds. The summed E-state index contributed by atoms with van der Waals surface area (Å²) in [5.41, 5.74) is 0.460. The molecule has 2 aromatic rings. The van der Waals surface area contributed by atoms with Crippen LogP contribution in [0.25, 0.3) is 6.08 Å². The molecule has 0 saturated carbocycles. The predicted octanol–water partition coefficient (Wildman–Crippen LogP) is 2.92. The summed E-state index contributed by atoms with van der Waals surface area (Å²) in [6.07, 6.45) is 1.29. The summed E-state index contributed by atoms with van der Waals surface area (Å²) in [6, 6.07) is 9.24. The molecule has 2 N–H and O–H groups in total. The number of phenols is 1. The van der Waals surface area contributed by atoms with Crippen molar-refractivity contribution < 1.29 is 34.0 Å². The molecule has 0 unspecified atom stereocenters. The number of benzene rings is 2. The molecule has 0 bridgehead atoms. The minimum absolute atomic E-state index is 0.0311. The minimum Gasteiger partial charge on any atom is -0.504 e. The van der Waals surface area contributed by atoms with Crippen LogP contribution in [-0.4, -0.2) is 37.5 Å². The van der Waals surface area contributed by atoms with Gasteiger partial charge in [0.25, 0.3) is 0 Å². The van der Waals surface area contributed by atoms with Crippen molar-refractivity contribution in [1.82, 2.24) is 0 Å². The highest BCUT2D eigenvalue weighted by Crippen LogP contribution is 2.39. The van der Waals surface area contributed by atoms with Crippen molar-refractivity contribution in [3.8, 4) is 28.7 Å². The first-order chi connectivity index (χ1) is 12.0. The third-order valence-electron chi connectivity index (χ3n) is 3.28. The van der Waals surface area contributed by atoms with E-state index >= 15 is 0 Å². The molecule has 7 heteroatoms. The summed E-state index contributed by atoms with van der Waals surface area (Å²) in [5.74, 6) is -0.669. The van der Waals surface area contributed by atoms with Crippen LogP contribution in [0.3, 0.4) is 0 Å². The minimum atomic E-state index is -1.29. The Bertz CT molecular complexity index is 771. The average molecular weight is 346 g/mol. The second kappa shape index (κ2) is 7.96. The summed E-state index contributed by atoms with van der Waals surface area (Å²) in [7, 11) is 4.39. The number of carboxylic acid groups (broad SMARTS) is 1. The van der Waals surface area contributed by atoms with Crippen molar-refractivity contribution >= 4 is 12.0 Å². The highest BCUT2D eigenvalue weighted by Gasteiger charge is 2.16. The molecule has 25 heavy (non-hydrogen) atoms. The van der Waals surface area contributed by atoms with E-state index < -0.39 is 5.97 Å². The number of methoxy groups -OCH3 is 3. The summed E-state index contributed by atoms with van der Waals surface area (Å²) in [5, 5.41) is 19.1. The fraction of sp³-hybridized carbons (Fsp3) is 0.167. The van der Waals surface area contributed by atoms with Gasteiger partial charge in [-0.25, -0.2) is 4.79 Å². The lowest BCUT2D eigenvalue weighted by atomic mass is 10.1. The largest absolute Gasteiger partial charge is 0.504 e. The second-order valence-electron chi connectivity index (χ2n) is 4.84. The average Bonchev–Trinajstić information content (AvgIpc) is 2.61. The molecule has 0 aliphatic heterocycles. The fourth-order valence-corrected chi connectivity index (χ4v) is 2.13. The van der Waals surface area contributed by atoms with E-state index in [2.05, 4.69) is 0 Å². The van der Waals surface area contributed by atoms with E-state index in [1.165, 1.54) is 39.5 Å². The molecule has 0 radical (unpaired) electrons. The number of carboxylic acids is 1. The maximum absolute atomic E-state index is 11.5. The summed E-state index contributed by atoms with van der Waals surface area (Å²) in [4.78, 5) is 11.5. The van der Waals surface area contributed by atoms with Gasteiger partial charge in [-0.2, -0.15) is 0 Å². The highest BCUT2D eigenvalue weighted by atomic mass is 16.5. The van der Waals surface area contributed by atoms with Gasteiger partial charge in [-0.1, -0.05) is 12.1 Å². The lowest BCUT2D eigenvalue weighted by Crippen LogP contribution is -2.07. The SMILES string of the molecule is COc1cc(C=C(Oc2ccccc2O)C(=O)O)cc(OC)c1OC. The van der Waals surface area contributed by atoms with Gasteiger partial charge in [0, 0.05) is 0 Å². The van der Waals surface area contributed by atoms with Gasteiger partial charge in [0.1, 0.15) is 0 Å². The molecule has 0 aromatic heterocycles. The number of rotatable bonds is 7. The maximum Gasteiger partial charge on any atom is 0.371 e. The van der Waals surface area contributed by atoms with Crippen LogP contribution in [0.4, 0.5) is 0 Å². The standard InChI is InChI=1S/C18H18O7/c1-22-14-8-11(9-15(23-2)17(14)24-3)10-16(18(20)21)25-13-7-5-4-6-12(13)19/h4-10,19H,1-3H3,(H,20,21). The van der Waals surface area contributed by atoms with Crippen LogP contribution < -0.4 is 18.9 Å². The number of hydrogen-bond acceptors (Lipinski definition) is 6. The summed E-state index contributed by atoms with van der Waals surface area (Å²) < 4.78 is 21.0. The van der Waals surface area contributed by atoms with E-state index in [4.69, 9.17) is 18.9 Å². The van der Waals surface area contributed by atoms with Crippen LogP contribution in [0.15, 0.2) is 42.2 Å². The normalized spacial score (nSPS) is 10.9. The second-order valence-corrected chi connectivity index (χ2v) is 4.84. The van der Waals surface area contributed by atoms with Crippen LogP contribution in [-0.2, 0) is 4.79 Å². The van der Waals surface area contributed by atoms with Gasteiger partial charge in [0.2, 0.25) is 11.5 Å². The zero-order chi connectivity index (χ0) is 18.4. The Labute approximate surface area is 144 Å². The van der Waals surface area contributed by atoms with Crippen LogP contribution in [0.1, 0.15) is 5.56 Å². The van der Waals surface area contributed by atoms with Crippen molar-refractivity contribution in [2.24, 2.45) is 0 Å². The molecular weight excluding hydrogens is 328 g/mol. The van der Waals surface area contributed by atoms with Crippen LogP contribution in [0, 0.1) is 0 Å². The monoisotopic (exact) mass is 346 g/mol. The molecule has 0 heterocycles. The third-order valence-corrected chi connectivity index (χ3v) is 3.28. The van der Waals surface area contributed by atoms with Gasteiger partial charge in [-0.05, 0) is 35.9 Å². The number of ether oxygens (including phenoxy) is 4. The number of aromatic hydroxyl groups is 1. The first kappa shape index (κ1) is 18.0. The van der Waals surface area contributed by atoms with Gasteiger partial charge in [0.05, 0.1) is 21.3 Å². The highest BCUT2D eigenvalue weighted by molar-refractivity contribution is 5.90. The Hall–Kier alpha value is -3.35. The molecule has 2 aromatic carbocycles. The Kier molecular flexibility index (Phi) is 5.73. The molecule has 0 saturated heterocycles. The van der Waals surface area contributed by atoms with Gasteiger partial charge in [0.15, 0.2) is 23.0 Å². The molecule has 0 fully saturated rings. The predicted molar refractivity (Wildman–Crippen MR) is 90.4 cm³/mol. The topological polar surface area (TPSA) is 94.5 Å². The van der Waals surface area contributed by atoms with Crippen molar-refractivity contribution in [2.75, 3.05) is 21.3 Å². The van der Waals surface area contributed by atoms with Crippen LogP contribution in [0.5, 0.6) is 28.7 Å². The number of aliphatic carboxylic acids is 1. The molecule has 0 aliphatic carbocycles. The van der Waals surface area contributed by atoms with Gasteiger partial charge < -0.3 is 29.2 Å². The van der Waals surface area contributed by atoms with Crippen LogP contribution in [0.2, 0.25) is 0 Å². The molecule has 0 aliphatic rings. The summed E-state index contributed by atoms with van der Waals surface area (Å²) in [6.45, 7) is 0. The smallest absolute Gasteiger partial charge is 0.371 e.